The van der Waals surface area contributed by atoms with Gasteiger partial charge in [-0.2, -0.15) is 8.42 Å². The SMILES string of the molecule is CS(=O)(=O)O.[2H]C([2H])([2H])Oc1cccc(F)c1-c1nccc2[nH]c(=O)c(-c3nc4cc(Cl)ncc4[nH]3)cc12. The summed E-state index contributed by atoms with van der Waals surface area (Å²) in [6, 6.07) is 8.47. The fourth-order valence-corrected chi connectivity index (χ4v) is 3.49. The number of aromatic nitrogens is 5. The number of fused-ring (bicyclic) bond motifs is 2. The molecule has 0 spiro atoms. The number of pyridine rings is 3. The molecular weight excluding hydrogens is 501 g/mol. The zero-order valence-corrected chi connectivity index (χ0v) is 19.3. The highest BCUT2D eigenvalue weighted by Gasteiger charge is 2.18. The molecule has 0 radical (unpaired) electrons. The Hall–Kier alpha value is -3.87. The molecule has 13 heteroatoms. The van der Waals surface area contributed by atoms with Crippen molar-refractivity contribution in [2.45, 2.75) is 0 Å². The van der Waals surface area contributed by atoms with Crippen LogP contribution < -0.4 is 10.3 Å². The van der Waals surface area contributed by atoms with Crippen LogP contribution in [-0.4, -0.2) is 51.2 Å². The number of nitrogens with zero attached hydrogens (tertiary/aromatic N) is 3. The Bertz CT molecular complexity index is 1840. The first-order chi connectivity index (χ1) is 17.7. The molecule has 0 bridgehead atoms. The normalized spacial score (nSPS) is 13.0. The third-order valence-corrected chi connectivity index (χ3v) is 4.89. The van der Waals surface area contributed by atoms with Crippen molar-refractivity contribution in [3.8, 4) is 28.4 Å². The van der Waals surface area contributed by atoms with Crippen LogP contribution in [0.5, 0.6) is 5.75 Å². The largest absolute Gasteiger partial charge is 0.496 e. The quantitative estimate of drug-likeness (QED) is 0.240. The Morgan fingerprint density at radius 2 is 1.94 bits per heavy atom. The van der Waals surface area contributed by atoms with Crippen molar-refractivity contribution in [1.29, 1.82) is 0 Å². The molecule has 5 aromatic rings. The van der Waals surface area contributed by atoms with Gasteiger partial charge in [0.2, 0.25) is 0 Å². The van der Waals surface area contributed by atoms with Crippen LogP contribution in [-0.2, 0) is 10.1 Å². The second kappa shape index (κ2) is 9.41. The van der Waals surface area contributed by atoms with E-state index in [0.29, 0.717) is 28.2 Å². The molecule has 0 saturated carbocycles. The third-order valence-electron chi connectivity index (χ3n) is 4.68. The molecule has 5 rings (SSSR count). The smallest absolute Gasteiger partial charge is 0.261 e. The number of rotatable bonds is 3. The number of hydrogen-bond donors (Lipinski definition) is 3. The summed E-state index contributed by atoms with van der Waals surface area (Å²) >= 11 is 5.92. The number of benzene rings is 1. The van der Waals surface area contributed by atoms with Gasteiger partial charge in [0.05, 0.1) is 57.0 Å². The number of halogens is 2. The Labute approximate surface area is 206 Å². The Kier molecular flexibility index (Phi) is 5.51. The molecule has 0 fully saturated rings. The lowest BCUT2D eigenvalue weighted by Crippen LogP contribution is -2.10. The molecule has 180 valence electrons. The number of aromatic amines is 2. The van der Waals surface area contributed by atoms with Gasteiger partial charge < -0.3 is 14.7 Å². The fourth-order valence-electron chi connectivity index (χ4n) is 3.33. The topological polar surface area (TPSA) is 151 Å². The molecule has 0 saturated heterocycles. The molecule has 35 heavy (non-hydrogen) atoms. The van der Waals surface area contributed by atoms with Crippen LogP contribution in [0.4, 0.5) is 4.39 Å². The predicted molar refractivity (Wildman–Crippen MR) is 130 cm³/mol. The van der Waals surface area contributed by atoms with E-state index in [9.17, 15) is 17.6 Å². The van der Waals surface area contributed by atoms with Gasteiger partial charge >= 0.3 is 0 Å². The van der Waals surface area contributed by atoms with Gasteiger partial charge in [0, 0.05) is 17.6 Å². The maximum atomic E-state index is 14.9. The maximum absolute atomic E-state index is 14.9. The zero-order valence-electron chi connectivity index (χ0n) is 20.7. The molecule has 4 aromatic heterocycles. The summed E-state index contributed by atoms with van der Waals surface area (Å²) in [5.41, 5.74) is 1.14. The second-order valence-electron chi connectivity index (χ2n) is 7.19. The van der Waals surface area contributed by atoms with Crippen LogP contribution >= 0.6 is 11.6 Å². The van der Waals surface area contributed by atoms with Crippen LogP contribution in [0.3, 0.4) is 0 Å². The zero-order chi connectivity index (χ0) is 27.8. The van der Waals surface area contributed by atoms with Crippen molar-refractivity contribution in [2.24, 2.45) is 0 Å². The third kappa shape index (κ3) is 5.29. The van der Waals surface area contributed by atoms with E-state index in [1.165, 1.54) is 36.7 Å². The minimum absolute atomic E-state index is 0.100. The van der Waals surface area contributed by atoms with E-state index >= 15 is 0 Å². The number of nitrogens with one attached hydrogen (secondary N) is 2. The fraction of sp³-hybridized carbons (Fsp3) is 0.0909. The molecule has 0 aliphatic carbocycles. The summed E-state index contributed by atoms with van der Waals surface area (Å²) in [6.07, 6.45) is 3.59. The van der Waals surface area contributed by atoms with Gasteiger partial charge in [0.25, 0.3) is 15.7 Å². The van der Waals surface area contributed by atoms with E-state index < -0.39 is 28.5 Å². The Morgan fingerprint density at radius 1 is 1.17 bits per heavy atom. The lowest BCUT2D eigenvalue weighted by atomic mass is 10.0. The molecule has 3 N–H and O–H groups in total. The van der Waals surface area contributed by atoms with Crippen molar-refractivity contribution in [3.63, 3.8) is 0 Å². The molecule has 4 heterocycles. The summed E-state index contributed by atoms with van der Waals surface area (Å²) in [7, 11) is -6.46. The summed E-state index contributed by atoms with van der Waals surface area (Å²) in [5, 5.41) is 0.616. The number of hydrogen-bond acceptors (Lipinski definition) is 7. The van der Waals surface area contributed by atoms with Crippen LogP contribution in [0, 0.1) is 5.82 Å². The molecule has 0 unspecified atom stereocenters. The highest BCUT2D eigenvalue weighted by Crippen LogP contribution is 2.35. The van der Waals surface area contributed by atoms with Gasteiger partial charge in [-0.15, -0.1) is 0 Å². The molecule has 0 atom stereocenters. The maximum Gasteiger partial charge on any atom is 0.261 e. The van der Waals surface area contributed by atoms with E-state index in [4.69, 9.17) is 25.0 Å². The summed E-state index contributed by atoms with van der Waals surface area (Å²) in [4.78, 5) is 31.2. The van der Waals surface area contributed by atoms with Crippen LogP contribution in [0.15, 0.2) is 53.6 Å². The first-order valence-electron chi connectivity index (χ1n) is 11.1. The first-order valence-corrected chi connectivity index (χ1v) is 11.9. The van der Waals surface area contributed by atoms with Gasteiger partial charge in [-0.05, 0) is 24.3 Å². The standard InChI is InChI=1S/C21H13ClFN5O2.CH4O3S/c1-30-16-4-2-3-12(23)18(16)19-10-7-11(21(29)28-13(10)5-6-24-19)20-26-14-8-17(22)25-9-15(14)27-20;1-5(2,3)4/h2-9H,1H3,(H,26,27)(H,28,29);1H3,(H,2,3,4)/i1D3;. The molecule has 1 aromatic carbocycles. The van der Waals surface area contributed by atoms with Crippen molar-refractivity contribution in [1.82, 2.24) is 24.9 Å². The summed E-state index contributed by atoms with van der Waals surface area (Å²) in [6.45, 7) is 0. The first kappa shape index (κ1) is 20.5. The van der Waals surface area contributed by atoms with Crippen molar-refractivity contribution in [3.05, 3.63) is 70.1 Å². The van der Waals surface area contributed by atoms with Crippen LogP contribution in [0.2, 0.25) is 5.15 Å². The van der Waals surface area contributed by atoms with Crippen LogP contribution in [0.1, 0.15) is 4.11 Å². The number of imidazole rings is 1. The number of ether oxygens (including phenoxy) is 1. The van der Waals surface area contributed by atoms with E-state index in [1.807, 2.05) is 0 Å². The van der Waals surface area contributed by atoms with Gasteiger partial charge in [0.15, 0.2) is 0 Å². The van der Waals surface area contributed by atoms with E-state index in [1.54, 1.807) is 12.1 Å². The minimum atomic E-state index is -3.67. The molecule has 10 nitrogen and oxygen atoms in total. The van der Waals surface area contributed by atoms with Gasteiger partial charge in [0.1, 0.15) is 22.5 Å². The molecule has 0 aliphatic heterocycles. The molecular formula is C22H17ClFN5O5S. The Morgan fingerprint density at radius 3 is 2.69 bits per heavy atom. The highest BCUT2D eigenvalue weighted by atomic mass is 35.5. The predicted octanol–water partition coefficient (Wildman–Crippen LogP) is 3.83. The average Bonchev–Trinajstić information content (AvgIpc) is 3.19. The minimum Gasteiger partial charge on any atom is -0.496 e. The summed E-state index contributed by atoms with van der Waals surface area (Å²) in [5.74, 6) is -0.680. The Balaban J connectivity index is 0.000000617. The van der Waals surface area contributed by atoms with Gasteiger partial charge in [-0.3, -0.25) is 14.3 Å². The average molecular weight is 521 g/mol. The van der Waals surface area contributed by atoms with Gasteiger partial charge in [-0.25, -0.2) is 14.4 Å². The molecule has 0 aliphatic rings. The lowest BCUT2D eigenvalue weighted by molar-refractivity contribution is 0.413. The van der Waals surface area contributed by atoms with E-state index in [2.05, 4.69) is 24.9 Å². The van der Waals surface area contributed by atoms with Crippen molar-refractivity contribution < 1.29 is 26.2 Å². The van der Waals surface area contributed by atoms with Gasteiger partial charge in [-0.1, -0.05) is 17.7 Å². The number of methoxy groups -OCH3 is 1. The van der Waals surface area contributed by atoms with E-state index in [0.717, 1.165) is 0 Å². The molecule has 0 amide bonds. The number of H-pyrrole nitrogens is 2. The monoisotopic (exact) mass is 520 g/mol. The van der Waals surface area contributed by atoms with Crippen LogP contribution in [0.25, 0.3) is 44.6 Å². The highest BCUT2D eigenvalue weighted by molar-refractivity contribution is 7.85. The second-order valence-corrected chi connectivity index (χ2v) is 9.04. The van der Waals surface area contributed by atoms with Crippen molar-refractivity contribution in [2.75, 3.05) is 13.3 Å². The van der Waals surface area contributed by atoms with E-state index in [-0.39, 0.29) is 33.5 Å². The van der Waals surface area contributed by atoms with Crippen molar-refractivity contribution >= 4 is 43.7 Å². The lowest BCUT2D eigenvalue weighted by Gasteiger charge is -2.11. The summed E-state index contributed by atoms with van der Waals surface area (Å²) < 4.78 is 68.0.